The van der Waals surface area contributed by atoms with Gasteiger partial charge in [0, 0.05) is 11.8 Å². The summed E-state index contributed by atoms with van der Waals surface area (Å²) in [6, 6.07) is 2.35. The van der Waals surface area contributed by atoms with Gasteiger partial charge in [-0.1, -0.05) is 19.8 Å². The number of hydrogen-bond donors (Lipinski definition) is 2. The van der Waals surface area contributed by atoms with Crippen LogP contribution in [0.1, 0.15) is 48.5 Å². The lowest BCUT2D eigenvalue weighted by Gasteiger charge is -2.17. The summed E-state index contributed by atoms with van der Waals surface area (Å²) in [4.78, 5) is 15.0. The van der Waals surface area contributed by atoms with Crippen LogP contribution in [0.15, 0.2) is 26.9 Å². The van der Waals surface area contributed by atoms with Crippen molar-refractivity contribution in [1.82, 2.24) is 0 Å². The number of amides is 1. The molecule has 0 spiro atoms. The molecule has 1 fully saturated rings. The molecule has 1 aromatic rings. The average Bonchev–Trinajstić information content (AvgIpc) is 3.07. The number of sulfone groups is 2. The molecule has 1 aliphatic carbocycles. The Morgan fingerprint density at radius 3 is 2.15 bits per heavy atom. The zero-order chi connectivity index (χ0) is 19.7. The van der Waals surface area contributed by atoms with Crippen LogP contribution in [0.2, 0.25) is 0 Å². The number of aryl methyl sites for hydroxylation is 1. The smallest absolute Gasteiger partial charge is 0.280 e. The van der Waals surface area contributed by atoms with Gasteiger partial charge in [0.15, 0.2) is 25.6 Å². The van der Waals surface area contributed by atoms with Gasteiger partial charge in [-0.3, -0.25) is 4.79 Å². The number of nitrogens with zero attached hydrogens (tertiary/aromatic N) is 1. The largest absolute Gasteiger partial charge is 0.370 e. The Kier molecular flexibility index (Phi) is 5.76. The van der Waals surface area contributed by atoms with Crippen LogP contribution < -0.4 is 11.5 Å². The second-order valence-electron chi connectivity index (χ2n) is 6.38. The number of hydrogen-bond acceptors (Lipinski definition) is 5. The standard InChI is InChI=1S/C16H23N3O5S2/c1-3-10-8-14(26(23,24)11-6-4-5-7-11)13(25(2,21)22)9-12(10)15(20)19-16(17)18/h8-9,11H,3-7H2,1-2H3,(H4,17,18,19,20). The Hall–Kier alpha value is -1.94. The minimum absolute atomic E-state index is 0.0216. The van der Waals surface area contributed by atoms with Crippen molar-refractivity contribution in [3.63, 3.8) is 0 Å². The highest BCUT2D eigenvalue weighted by Crippen LogP contribution is 2.34. The van der Waals surface area contributed by atoms with Crippen molar-refractivity contribution < 1.29 is 21.6 Å². The van der Waals surface area contributed by atoms with Crippen molar-refractivity contribution in [2.24, 2.45) is 16.5 Å². The number of rotatable bonds is 5. The summed E-state index contributed by atoms with van der Waals surface area (Å²) in [6.07, 6.45) is 3.82. The highest BCUT2D eigenvalue weighted by atomic mass is 32.2. The van der Waals surface area contributed by atoms with Crippen molar-refractivity contribution in [1.29, 1.82) is 0 Å². The van der Waals surface area contributed by atoms with Gasteiger partial charge in [-0.15, -0.1) is 0 Å². The molecule has 144 valence electrons. The SMILES string of the molecule is CCc1cc(S(=O)(=O)C2CCCC2)c(S(C)(=O)=O)cc1C(=O)N=C(N)N. The topological polar surface area (TPSA) is 150 Å². The van der Waals surface area contributed by atoms with E-state index < -0.39 is 41.7 Å². The van der Waals surface area contributed by atoms with Crippen molar-refractivity contribution in [2.75, 3.05) is 6.26 Å². The predicted octanol–water partition coefficient (Wildman–Crippen LogP) is 0.782. The number of guanidine groups is 1. The normalized spacial score (nSPS) is 15.8. The van der Waals surface area contributed by atoms with E-state index in [0.717, 1.165) is 25.2 Å². The molecular weight excluding hydrogens is 378 g/mol. The van der Waals surface area contributed by atoms with Crippen LogP contribution in [0, 0.1) is 0 Å². The van der Waals surface area contributed by atoms with Crippen LogP contribution >= 0.6 is 0 Å². The Morgan fingerprint density at radius 1 is 1.12 bits per heavy atom. The van der Waals surface area contributed by atoms with E-state index in [9.17, 15) is 21.6 Å². The van der Waals surface area contributed by atoms with E-state index in [1.165, 1.54) is 6.07 Å². The maximum atomic E-state index is 13.0. The Labute approximate surface area is 153 Å². The van der Waals surface area contributed by atoms with Gasteiger partial charge in [-0.05, 0) is 37.0 Å². The summed E-state index contributed by atoms with van der Waals surface area (Å²) in [7, 11) is -7.72. The number of benzene rings is 1. The van der Waals surface area contributed by atoms with Gasteiger partial charge in [-0.2, -0.15) is 4.99 Å². The first-order chi connectivity index (χ1) is 12.0. The van der Waals surface area contributed by atoms with Gasteiger partial charge in [0.05, 0.1) is 15.0 Å². The Balaban J connectivity index is 2.77. The fourth-order valence-corrected chi connectivity index (χ4v) is 6.68. The summed E-state index contributed by atoms with van der Waals surface area (Å²) in [6.45, 7) is 1.73. The van der Waals surface area contributed by atoms with Crippen molar-refractivity contribution in [3.8, 4) is 0 Å². The van der Waals surface area contributed by atoms with Crippen LogP contribution in [0.5, 0.6) is 0 Å². The zero-order valence-electron chi connectivity index (χ0n) is 14.7. The first-order valence-electron chi connectivity index (χ1n) is 8.23. The minimum Gasteiger partial charge on any atom is -0.370 e. The molecule has 0 radical (unpaired) electrons. The summed E-state index contributed by atoms with van der Waals surface area (Å²) in [5, 5.41) is -0.605. The summed E-state index contributed by atoms with van der Waals surface area (Å²) < 4.78 is 50.5. The van der Waals surface area contributed by atoms with E-state index in [4.69, 9.17) is 11.5 Å². The van der Waals surface area contributed by atoms with Crippen LogP contribution in [-0.4, -0.2) is 40.2 Å². The fourth-order valence-electron chi connectivity index (χ4n) is 3.16. The molecule has 10 heteroatoms. The molecule has 1 aromatic carbocycles. The lowest BCUT2D eigenvalue weighted by Crippen LogP contribution is -2.25. The number of carbonyl (C=O) groups is 1. The number of carbonyl (C=O) groups excluding carboxylic acids is 1. The minimum atomic E-state index is -3.90. The molecule has 0 unspecified atom stereocenters. The van der Waals surface area contributed by atoms with Gasteiger partial charge in [0.2, 0.25) is 0 Å². The predicted molar refractivity (Wildman–Crippen MR) is 98.5 cm³/mol. The molecule has 0 saturated heterocycles. The second-order valence-corrected chi connectivity index (χ2v) is 10.6. The van der Waals surface area contributed by atoms with E-state index in [1.807, 2.05) is 0 Å². The third kappa shape index (κ3) is 4.07. The van der Waals surface area contributed by atoms with Crippen LogP contribution in [0.3, 0.4) is 0 Å². The molecule has 0 bridgehead atoms. The Morgan fingerprint density at radius 2 is 1.69 bits per heavy atom. The highest BCUT2D eigenvalue weighted by molar-refractivity contribution is 7.94. The second kappa shape index (κ2) is 7.36. The molecule has 1 amide bonds. The van der Waals surface area contributed by atoms with Crippen molar-refractivity contribution in [3.05, 3.63) is 23.3 Å². The summed E-state index contributed by atoms with van der Waals surface area (Å²) >= 11 is 0. The molecule has 2 rings (SSSR count). The quantitative estimate of drug-likeness (QED) is 0.547. The van der Waals surface area contributed by atoms with Gasteiger partial charge in [0.1, 0.15) is 0 Å². The molecule has 26 heavy (non-hydrogen) atoms. The van der Waals surface area contributed by atoms with E-state index in [0.29, 0.717) is 24.8 Å². The summed E-state index contributed by atoms with van der Waals surface area (Å²) in [5.74, 6) is -1.27. The van der Waals surface area contributed by atoms with Gasteiger partial charge in [0.25, 0.3) is 5.91 Å². The molecule has 4 N–H and O–H groups in total. The third-order valence-corrected chi connectivity index (χ3v) is 8.02. The van der Waals surface area contributed by atoms with E-state index in [2.05, 4.69) is 4.99 Å². The van der Waals surface area contributed by atoms with Gasteiger partial charge in [-0.25, -0.2) is 16.8 Å². The lowest BCUT2D eigenvalue weighted by atomic mass is 10.0. The first-order valence-corrected chi connectivity index (χ1v) is 11.7. The van der Waals surface area contributed by atoms with E-state index in [-0.39, 0.29) is 10.5 Å². The van der Waals surface area contributed by atoms with Crippen LogP contribution in [-0.2, 0) is 26.1 Å². The van der Waals surface area contributed by atoms with Gasteiger partial charge < -0.3 is 11.5 Å². The maximum absolute atomic E-state index is 13.0. The molecule has 1 saturated carbocycles. The number of nitrogens with two attached hydrogens (primary N) is 2. The monoisotopic (exact) mass is 401 g/mol. The lowest BCUT2D eigenvalue weighted by molar-refractivity contribution is 0.100. The molecule has 0 heterocycles. The average molecular weight is 402 g/mol. The molecule has 0 aromatic heterocycles. The van der Waals surface area contributed by atoms with Crippen LogP contribution in [0.25, 0.3) is 0 Å². The number of aliphatic imine (C=N–C) groups is 1. The first kappa shape index (κ1) is 20.4. The molecule has 0 atom stereocenters. The molecular formula is C16H23N3O5S2. The zero-order valence-corrected chi connectivity index (χ0v) is 16.4. The summed E-state index contributed by atoms with van der Waals surface area (Å²) in [5.41, 5.74) is 10.8. The van der Waals surface area contributed by atoms with Crippen molar-refractivity contribution >= 4 is 31.5 Å². The van der Waals surface area contributed by atoms with E-state index in [1.54, 1.807) is 6.92 Å². The van der Waals surface area contributed by atoms with Gasteiger partial charge >= 0.3 is 0 Å². The van der Waals surface area contributed by atoms with Crippen LogP contribution in [0.4, 0.5) is 0 Å². The molecule has 8 nitrogen and oxygen atoms in total. The van der Waals surface area contributed by atoms with E-state index >= 15 is 0 Å². The maximum Gasteiger partial charge on any atom is 0.280 e. The molecule has 0 aliphatic heterocycles. The highest BCUT2D eigenvalue weighted by Gasteiger charge is 2.35. The fraction of sp³-hybridized carbons (Fsp3) is 0.500. The Bertz CT molecular complexity index is 956. The third-order valence-electron chi connectivity index (χ3n) is 4.46. The van der Waals surface area contributed by atoms with Crippen molar-refractivity contribution in [2.45, 2.75) is 54.1 Å². The molecule has 1 aliphatic rings.